The molecule has 29 heavy (non-hydrogen) atoms. The Morgan fingerprint density at radius 1 is 1.07 bits per heavy atom. The van der Waals surface area contributed by atoms with E-state index in [2.05, 4.69) is 18.1 Å². The van der Waals surface area contributed by atoms with Crippen molar-refractivity contribution in [3.63, 3.8) is 0 Å². The minimum absolute atomic E-state index is 0.00981. The van der Waals surface area contributed by atoms with E-state index >= 15 is 0 Å². The van der Waals surface area contributed by atoms with Gasteiger partial charge in [-0.25, -0.2) is 4.79 Å². The van der Waals surface area contributed by atoms with Crippen LogP contribution in [-0.4, -0.2) is 24.8 Å². The van der Waals surface area contributed by atoms with Crippen LogP contribution in [0.5, 0.6) is 11.5 Å². The van der Waals surface area contributed by atoms with Gasteiger partial charge in [0.1, 0.15) is 0 Å². The van der Waals surface area contributed by atoms with E-state index in [1.54, 1.807) is 7.11 Å². The van der Waals surface area contributed by atoms with E-state index in [0.717, 1.165) is 44.2 Å². The molecule has 6 heteroatoms. The second kappa shape index (κ2) is 7.47. The lowest BCUT2D eigenvalue weighted by molar-refractivity contribution is -0.141. The SMILES string of the molecule is COc1cc2c(cc1OC(C)=O)CC[C@@H]1[C@@H]2CC[C@]2(C)C(=NOC(C)=O)CC[C@@H]12. The van der Waals surface area contributed by atoms with Crippen LogP contribution >= 0.6 is 0 Å². The predicted octanol–water partition coefficient (Wildman–Crippen LogP) is 4.40. The highest BCUT2D eigenvalue weighted by molar-refractivity contribution is 5.92. The van der Waals surface area contributed by atoms with Crippen molar-refractivity contribution >= 4 is 17.7 Å². The molecule has 0 amide bonds. The maximum Gasteiger partial charge on any atom is 0.331 e. The predicted molar refractivity (Wildman–Crippen MR) is 108 cm³/mol. The number of oxime groups is 1. The lowest BCUT2D eigenvalue weighted by Crippen LogP contribution is -2.42. The Morgan fingerprint density at radius 3 is 2.55 bits per heavy atom. The van der Waals surface area contributed by atoms with Crippen LogP contribution in [0.15, 0.2) is 17.3 Å². The van der Waals surface area contributed by atoms with Crippen LogP contribution in [0, 0.1) is 17.3 Å². The number of carbonyl (C=O) groups is 2. The van der Waals surface area contributed by atoms with Crippen molar-refractivity contribution < 1.29 is 23.9 Å². The van der Waals surface area contributed by atoms with Gasteiger partial charge in [-0.3, -0.25) is 4.79 Å². The molecule has 0 saturated heterocycles. The molecule has 4 atom stereocenters. The average Bonchev–Trinajstić information content (AvgIpc) is 3.01. The Labute approximate surface area is 171 Å². The van der Waals surface area contributed by atoms with Gasteiger partial charge >= 0.3 is 11.9 Å². The fourth-order valence-corrected chi connectivity index (χ4v) is 6.03. The molecular weight excluding hydrogens is 370 g/mol. The summed E-state index contributed by atoms with van der Waals surface area (Å²) >= 11 is 0. The quantitative estimate of drug-likeness (QED) is 0.326. The summed E-state index contributed by atoms with van der Waals surface area (Å²) in [5.41, 5.74) is 3.65. The number of methoxy groups -OCH3 is 1. The van der Waals surface area contributed by atoms with Gasteiger partial charge in [0, 0.05) is 19.3 Å². The smallest absolute Gasteiger partial charge is 0.331 e. The minimum atomic E-state index is -0.361. The van der Waals surface area contributed by atoms with Crippen LogP contribution in [0.3, 0.4) is 0 Å². The number of hydrogen-bond acceptors (Lipinski definition) is 6. The molecule has 2 fully saturated rings. The summed E-state index contributed by atoms with van der Waals surface area (Å²) in [5.74, 6) is 2.03. The molecule has 2 saturated carbocycles. The van der Waals surface area contributed by atoms with Gasteiger partial charge in [-0.15, -0.1) is 0 Å². The van der Waals surface area contributed by atoms with E-state index in [1.807, 2.05) is 6.07 Å². The summed E-state index contributed by atoms with van der Waals surface area (Å²) in [6.45, 7) is 5.10. The number of benzene rings is 1. The Bertz CT molecular complexity index is 876. The molecule has 0 unspecified atom stereocenters. The van der Waals surface area contributed by atoms with Crippen LogP contribution in [0.25, 0.3) is 0 Å². The van der Waals surface area contributed by atoms with E-state index in [-0.39, 0.29) is 17.4 Å². The molecule has 0 aliphatic heterocycles. The van der Waals surface area contributed by atoms with Gasteiger partial charge in [0.25, 0.3) is 0 Å². The van der Waals surface area contributed by atoms with Crippen molar-refractivity contribution in [2.75, 3.05) is 7.11 Å². The number of rotatable bonds is 3. The molecule has 1 aromatic rings. The second-order valence-electron chi connectivity index (χ2n) is 8.83. The van der Waals surface area contributed by atoms with Crippen LogP contribution in [-0.2, 0) is 20.8 Å². The highest BCUT2D eigenvalue weighted by atomic mass is 16.7. The van der Waals surface area contributed by atoms with Crippen LogP contribution in [0.2, 0.25) is 0 Å². The van der Waals surface area contributed by atoms with Gasteiger partial charge in [-0.1, -0.05) is 12.1 Å². The first-order valence-corrected chi connectivity index (χ1v) is 10.5. The van der Waals surface area contributed by atoms with Gasteiger partial charge in [0.2, 0.25) is 0 Å². The minimum Gasteiger partial charge on any atom is -0.493 e. The Kier molecular flexibility index (Phi) is 5.13. The van der Waals surface area contributed by atoms with E-state index in [4.69, 9.17) is 14.3 Å². The summed E-state index contributed by atoms with van der Waals surface area (Å²) in [4.78, 5) is 27.7. The molecule has 0 aromatic heterocycles. The standard InChI is InChI=1S/C23H29NO5/c1-13(25)28-21-11-15-5-6-17-16(18(15)12-20(21)27-4)9-10-23(3)19(17)7-8-22(23)24-29-14(2)26/h11-12,16-17,19H,5-10H2,1-4H3/t16-,17+,19-,23-/m0/s1. The zero-order valence-electron chi connectivity index (χ0n) is 17.6. The fraction of sp³-hybridized carbons (Fsp3) is 0.609. The summed E-state index contributed by atoms with van der Waals surface area (Å²) in [6, 6.07) is 4.07. The average molecular weight is 399 g/mol. The highest BCUT2D eigenvalue weighted by Gasteiger charge is 2.54. The third-order valence-corrected chi connectivity index (χ3v) is 7.29. The summed E-state index contributed by atoms with van der Waals surface area (Å²) in [5, 5.41) is 4.23. The van der Waals surface area contributed by atoms with Crippen LogP contribution in [0.1, 0.15) is 69.9 Å². The Balaban J connectivity index is 1.64. The number of carbonyl (C=O) groups excluding carboxylic acids is 2. The first-order chi connectivity index (χ1) is 13.8. The normalized spacial score (nSPS) is 31.4. The Morgan fingerprint density at radius 2 is 1.86 bits per heavy atom. The van der Waals surface area contributed by atoms with Gasteiger partial charge in [-0.2, -0.15) is 0 Å². The summed E-state index contributed by atoms with van der Waals surface area (Å²) in [6.07, 6.45) is 6.18. The number of hydrogen-bond donors (Lipinski definition) is 0. The van der Waals surface area contributed by atoms with Gasteiger partial charge < -0.3 is 14.3 Å². The van der Waals surface area contributed by atoms with Crippen molar-refractivity contribution in [2.45, 2.75) is 65.2 Å². The molecule has 0 heterocycles. The molecule has 0 radical (unpaired) electrons. The summed E-state index contributed by atoms with van der Waals surface area (Å²) < 4.78 is 10.9. The highest BCUT2D eigenvalue weighted by Crippen LogP contribution is 2.60. The molecule has 0 bridgehead atoms. The largest absolute Gasteiger partial charge is 0.493 e. The van der Waals surface area contributed by atoms with E-state index < -0.39 is 0 Å². The maximum atomic E-state index is 11.4. The number of fused-ring (bicyclic) bond motifs is 5. The molecule has 156 valence electrons. The van der Waals surface area contributed by atoms with Crippen molar-refractivity contribution in [3.05, 3.63) is 23.3 Å². The number of aryl methyl sites for hydroxylation is 1. The third-order valence-electron chi connectivity index (χ3n) is 7.29. The molecule has 0 spiro atoms. The van der Waals surface area contributed by atoms with Gasteiger partial charge in [0.15, 0.2) is 11.5 Å². The van der Waals surface area contributed by atoms with Gasteiger partial charge in [-0.05, 0) is 79.5 Å². The maximum absolute atomic E-state index is 11.4. The first kappa shape index (κ1) is 19.9. The topological polar surface area (TPSA) is 74.2 Å². The van der Waals surface area contributed by atoms with Crippen molar-refractivity contribution in [1.29, 1.82) is 0 Å². The first-order valence-electron chi connectivity index (χ1n) is 10.5. The molecule has 1 aromatic carbocycles. The van der Waals surface area contributed by atoms with E-state index in [9.17, 15) is 9.59 Å². The molecule has 3 aliphatic carbocycles. The molecular formula is C23H29NO5. The van der Waals surface area contributed by atoms with E-state index in [0.29, 0.717) is 29.3 Å². The zero-order chi connectivity index (χ0) is 20.8. The van der Waals surface area contributed by atoms with Crippen molar-refractivity contribution in [3.8, 4) is 11.5 Å². The second-order valence-corrected chi connectivity index (χ2v) is 8.83. The lowest BCUT2D eigenvalue weighted by Gasteiger charge is -2.49. The molecule has 6 nitrogen and oxygen atoms in total. The fourth-order valence-electron chi connectivity index (χ4n) is 6.03. The Hall–Kier alpha value is -2.37. The molecule has 4 rings (SSSR count). The monoisotopic (exact) mass is 399 g/mol. The van der Waals surface area contributed by atoms with E-state index in [1.165, 1.54) is 25.0 Å². The van der Waals surface area contributed by atoms with Gasteiger partial charge in [0.05, 0.1) is 12.8 Å². The van der Waals surface area contributed by atoms with Crippen molar-refractivity contribution in [2.24, 2.45) is 22.4 Å². The molecule has 0 N–H and O–H groups in total. The number of nitrogens with zero attached hydrogens (tertiary/aromatic N) is 1. The third kappa shape index (κ3) is 3.43. The number of esters is 1. The van der Waals surface area contributed by atoms with Crippen molar-refractivity contribution in [1.82, 2.24) is 0 Å². The summed E-state index contributed by atoms with van der Waals surface area (Å²) in [7, 11) is 1.61. The molecule has 3 aliphatic rings. The zero-order valence-corrected chi connectivity index (χ0v) is 17.6. The van der Waals surface area contributed by atoms with Crippen LogP contribution in [0.4, 0.5) is 0 Å². The lowest BCUT2D eigenvalue weighted by atomic mass is 9.55. The van der Waals surface area contributed by atoms with Crippen LogP contribution < -0.4 is 9.47 Å². The number of ether oxygens (including phenoxy) is 2.